The van der Waals surface area contributed by atoms with Crippen LogP contribution in [-0.2, 0) is 13.0 Å². The molecule has 1 aliphatic heterocycles. The molecule has 2 aromatic rings. The van der Waals surface area contributed by atoms with Crippen LogP contribution in [0.15, 0.2) is 30.3 Å². The van der Waals surface area contributed by atoms with Crippen molar-refractivity contribution < 1.29 is 18.7 Å². The molecule has 0 bridgehead atoms. The second kappa shape index (κ2) is 6.69. The third-order valence-electron chi connectivity index (χ3n) is 4.12. The molecule has 0 spiro atoms. The van der Waals surface area contributed by atoms with Crippen molar-refractivity contribution in [1.82, 2.24) is 4.90 Å². The number of carbonyl (C=O) groups is 1. The first-order chi connectivity index (χ1) is 11.5. The van der Waals surface area contributed by atoms with E-state index in [0.29, 0.717) is 36.6 Å². The summed E-state index contributed by atoms with van der Waals surface area (Å²) in [5.74, 6) is 0.578. The van der Waals surface area contributed by atoms with Gasteiger partial charge in [-0.15, -0.1) is 0 Å². The lowest BCUT2D eigenvalue weighted by molar-refractivity contribution is 0.0723. The average molecular weight is 350 g/mol. The summed E-state index contributed by atoms with van der Waals surface area (Å²) in [5.41, 5.74) is 2.24. The number of hydrogen-bond donors (Lipinski definition) is 0. The van der Waals surface area contributed by atoms with E-state index >= 15 is 0 Å². The number of hydrogen-bond acceptors (Lipinski definition) is 3. The molecule has 0 unspecified atom stereocenters. The first-order valence-electron chi connectivity index (χ1n) is 7.51. The van der Waals surface area contributed by atoms with Gasteiger partial charge in [-0.1, -0.05) is 17.7 Å². The average Bonchev–Trinajstić information content (AvgIpc) is 2.59. The molecule has 6 heteroatoms. The Labute approximate surface area is 144 Å². The number of amides is 1. The Kier molecular flexibility index (Phi) is 4.62. The Hall–Kier alpha value is -2.27. The van der Waals surface area contributed by atoms with Gasteiger partial charge >= 0.3 is 0 Å². The van der Waals surface area contributed by atoms with Gasteiger partial charge in [0.2, 0.25) is 0 Å². The van der Waals surface area contributed by atoms with Gasteiger partial charge in [0.05, 0.1) is 24.8 Å². The predicted octanol–water partition coefficient (Wildman–Crippen LogP) is 3.69. The zero-order valence-corrected chi connectivity index (χ0v) is 14.2. The highest BCUT2D eigenvalue weighted by molar-refractivity contribution is 6.30. The number of fused-ring (bicyclic) bond motifs is 1. The largest absolute Gasteiger partial charge is 0.497 e. The van der Waals surface area contributed by atoms with Crippen molar-refractivity contribution in [3.8, 4) is 11.5 Å². The molecule has 1 aliphatic rings. The molecule has 0 aliphatic carbocycles. The summed E-state index contributed by atoms with van der Waals surface area (Å²) in [6.45, 7) is 0.935. The second-order valence-corrected chi connectivity index (χ2v) is 6.00. The highest BCUT2D eigenvalue weighted by atomic mass is 35.5. The summed E-state index contributed by atoms with van der Waals surface area (Å²) in [6.07, 6.45) is 0.698. The molecular weight excluding hydrogens is 333 g/mol. The molecule has 3 rings (SSSR count). The van der Waals surface area contributed by atoms with E-state index in [4.69, 9.17) is 21.1 Å². The summed E-state index contributed by atoms with van der Waals surface area (Å²) in [7, 11) is 3.11. The van der Waals surface area contributed by atoms with Gasteiger partial charge in [0, 0.05) is 19.2 Å². The van der Waals surface area contributed by atoms with Crippen molar-refractivity contribution in [3.63, 3.8) is 0 Å². The number of halogens is 2. The fraction of sp³-hybridized carbons (Fsp3) is 0.278. The number of carbonyl (C=O) groups excluding carboxylic acids is 1. The summed E-state index contributed by atoms with van der Waals surface area (Å²) in [6, 6.07) is 8.06. The fourth-order valence-corrected chi connectivity index (χ4v) is 3.09. The molecule has 0 fully saturated rings. The topological polar surface area (TPSA) is 38.8 Å². The highest BCUT2D eigenvalue weighted by Gasteiger charge is 2.28. The van der Waals surface area contributed by atoms with E-state index in [0.717, 1.165) is 11.1 Å². The van der Waals surface area contributed by atoms with Crippen LogP contribution in [0.1, 0.15) is 21.5 Å². The van der Waals surface area contributed by atoms with Gasteiger partial charge in [-0.3, -0.25) is 4.79 Å². The van der Waals surface area contributed by atoms with Crippen molar-refractivity contribution in [2.24, 2.45) is 0 Å². The van der Waals surface area contributed by atoms with E-state index in [1.54, 1.807) is 30.2 Å². The van der Waals surface area contributed by atoms with Crippen LogP contribution < -0.4 is 9.47 Å². The summed E-state index contributed by atoms with van der Waals surface area (Å²) in [4.78, 5) is 14.6. The third kappa shape index (κ3) is 3.04. The maximum atomic E-state index is 13.3. The Balaban J connectivity index is 1.90. The zero-order valence-electron chi connectivity index (χ0n) is 13.4. The van der Waals surface area contributed by atoms with Crippen LogP contribution in [0.4, 0.5) is 4.39 Å². The van der Waals surface area contributed by atoms with Gasteiger partial charge in [0.25, 0.3) is 5.91 Å². The molecule has 1 amide bonds. The van der Waals surface area contributed by atoms with Gasteiger partial charge in [-0.25, -0.2) is 4.39 Å². The van der Waals surface area contributed by atoms with Crippen LogP contribution in [0.5, 0.6) is 11.5 Å². The number of nitrogens with zero attached hydrogens (tertiary/aromatic N) is 1. The summed E-state index contributed by atoms with van der Waals surface area (Å²) < 4.78 is 23.9. The van der Waals surface area contributed by atoms with Crippen LogP contribution in [0.25, 0.3) is 0 Å². The van der Waals surface area contributed by atoms with E-state index in [1.165, 1.54) is 13.2 Å². The predicted molar refractivity (Wildman–Crippen MR) is 89.4 cm³/mol. The van der Waals surface area contributed by atoms with Crippen molar-refractivity contribution >= 4 is 17.5 Å². The minimum Gasteiger partial charge on any atom is -0.497 e. The van der Waals surface area contributed by atoms with Crippen molar-refractivity contribution in [3.05, 3.63) is 57.9 Å². The first-order valence-corrected chi connectivity index (χ1v) is 7.89. The number of rotatable bonds is 4. The smallest absolute Gasteiger partial charge is 0.258 e. The van der Waals surface area contributed by atoms with Crippen LogP contribution in [0.3, 0.4) is 0 Å². The molecule has 0 saturated heterocycles. The third-order valence-corrected chi connectivity index (χ3v) is 4.41. The van der Waals surface area contributed by atoms with Gasteiger partial charge < -0.3 is 14.4 Å². The van der Waals surface area contributed by atoms with Crippen molar-refractivity contribution in [1.29, 1.82) is 0 Å². The van der Waals surface area contributed by atoms with Gasteiger partial charge in [-0.05, 0) is 35.7 Å². The first kappa shape index (κ1) is 16.6. The minimum absolute atomic E-state index is 0.0553. The number of methoxy groups -OCH3 is 2. The van der Waals surface area contributed by atoms with E-state index in [2.05, 4.69) is 0 Å². The lowest BCUT2D eigenvalue weighted by Gasteiger charge is -2.30. The lowest BCUT2D eigenvalue weighted by Crippen LogP contribution is -2.37. The van der Waals surface area contributed by atoms with E-state index in [1.807, 2.05) is 6.07 Å². The van der Waals surface area contributed by atoms with Gasteiger partial charge in [0.15, 0.2) is 0 Å². The molecule has 0 saturated carbocycles. The Morgan fingerprint density at radius 1 is 1.21 bits per heavy atom. The Morgan fingerprint density at radius 3 is 2.67 bits per heavy atom. The number of ether oxygens (including phenoxy) is 2. The van der Waals surface area contributed by atoms with E-state index < -0.39 is 5.82 Å². The highest BCUT2D eigenvalue weighted by Crippen LogP contribution is 2.33. The molecule has 24 heavy (non-hydrogen) atoms. The van der Waals surface area contributed by atoms with Crippen LogP contribution in [0.2, 0.25) is 5.02 Å². The lowest BCUT2D eigenvalue weighted by atomic mass is 9.97. The fourth-order valence-electron chi connectivity index (χ4n) is 2.89. The van der Waals surface area contributed by atoms with E-state index in [9.17, 15) is 9.18 Å². The van der Waals surface area contributed by atoms with Gasteiger partial charge in [-0.2, -0.15) is 0 Å². The molecule has 0 N–H and O–H groups in total. The molecule has 126 valence electrons. The van der Waals surface area contributed by atoms with Crippen LogP contribution in [0, 0.1) is 5.82 Å². The normalized spacial score (nSPS) is 13.7. The maximum absolute atomic E-state index is 13.3. The molecule has 0 atom stereocenters. The quantitative estimate of drug-likeness (QED) is 0.845. The Morgan fingerprint density at radius 2 is 2.00 bits per heavy atom. The van der Waals surface area contributed by atoms with Crippen molar-refractivity contribution in [2.45, 2.75) is 13.0 Å². The van der Waals surface area contributed by atoms with Crippen molar-refractivity contribution in [2.75, 3.05) is 20.8 Å². The number of benzene rings is 2. The van der Waals surface area contributed by atoms with Gasteiger partial charge in [0.1, 0.15) is 17.3 Å². The monoisotopic (exact) mass is 349 g/mol. The van der Waals surface area contributed by atoms with Crippen LogP contribution >= 0.6 is 11.6 Å². The maximum Gasteiger partial charge on any atom is 0.258 e. The molecule has 1 heterocycles. The molecule has 2 aromatic carbocycles. The molecule has 0 radical (unpaired) electrons. The summed E-state index contributed by atoms with van der Waals surface area (Å²) in [5, 5.41) is 0.0553. The molecule has 0 aromatic heterocycles. The second-order valence-electron chi connectivity index (χ2n) is 5.59. The SMILES string of the molecule is COc1cc2c(c(OC)c1)C(=O)N(Cc1ccc(F)c(Cl)c1)CC2. The molecular formula is C18H17ClFNO3. The Bertz CT molecular complexity index is 777. The van der Waals surface area contributed by atoms with Crippen LogP contribution in [-0.4, -0.2) is 31.6 Å². The zero-order chi connectivity index (χ0) is 17.3. The minimum atomic E-state index is -0.468. The molecule has 4 nitrogen and oxygen atoms in total. The standard InChI is InChI=1S/C18H17ClFNO3/c1-23-13-8-12-5-6-21(18(22)17(12)16(9-13)24-2)10-11-3-4-15(20)14(19)7-11/h3-4,7-9H,5-6,10H2,1-2H3. The summed E-state index contributed by atoms with van der Waals surface area (Å²) >= 11 is 5.82. The van der Waals surface area contributed by atoms with E-state index in [-0.39, 0.29) is 10.9 Å².